The van der Waals surface area contributed by atoms with Gasteiger partial charge in [0.1, 0.15) is 11.3 Å². The van der Waals surface area contributed by atoms with E-state index in [1.165, 1.54) is 47.5 Å². The van der Waals surface area contributed by atoms with Crippen LogP contribution in [0.15, 0.2) is 71.8 Å². The molecule has 1 aliphatic heterocycles. The largest absolute Gasteiger partial charge is 0.505 e. The fraction of sp³-hybridized carbons (Fsp3) is 0.115. The summed E-state index contributed by atoms with van der Waals surface area (Å²) in [5.41, 5.74) is 2.04. The second kappa shape index (κ2) is 9.26. The van der Waals surface area contributed by atoms with E-state index in [4.69, 9.17) is 5.14 Å². The van der Waals surface area contributed by atoms with E-state index in [-0.39, 0.29) is 46.9 Å². The molecule has 0 saturated heterocycles. The first-order valence-corrected chi connectivity index (χ1v) is 12.7. The highest BCUT2D eigenvalue weighted by Gasteiger charge is 2.36. The Labute approximate surface area is 211 Å². The summed E-state index contributed by atoms with van der Waals surface area (Å²) in [6.07, 6.45) is 1.46. The first-order valence-electron chi connectivity index (χ1n) is 11.2. The van der Waals surface area contributed by atoms with Crippen molar-refractivity contribution in [3.05, 3.63) is 100 Å². The molecule has 0 fully saturated rings. The van der Waals surface area contributed by atoms with Crippen LogP contribution in [-0.4, -0.2) is 35.2 Å². The Morgan fingerprint density at radius 1 is 1.08 bits per heavy atom. The highest BCUT2D eigenvalue weighted by atomic mass is 32.2. The molecule has 3 aromatic carbocycles. The molecule has 1 aliphatic rings. The van der Waals surface area contributed by atoms with Crippen LogP contribution in [0.5, 0.6) is 5.75 Å². The summed E-state index contributed by atoms with van der Waals surface area (Å²) in [5.74, 6) is -1.64. The average Bonchev–Trinajstić information content (AvgIpc) is 3.19. The number of carbonyl (C=O) groups is 2. The Morgan fingerprint density at radius 3 is 2.43 bits per heavy atom. The highest BCUT2D eigenvalue weighted by Crippen LogP contribution is 2.40. The van der Waals surface area contributed by atoms with E-state index in [2.05, 4.69) is 10.3 Å². The lowest BCUT2D eigenvalue weighted by Crippen LogP contribution is -2.25. The predicted octanol–water partition coefficient (Wildman–Crippen LogP) is 2.81. The molecule has 0 bridgehead atoms. The third-order valence-corrected chi connectivity index (χ3v) is 7.14. The van der Waals surface area contributed by atoms with Gasteiger partial charge in [-0.25, -0.2) is 17.9 Å². The van der Waals surface area contributed by atoms with Crippen LogP contribution >= 0.6 is 0 Å². The molecular weight excluding hydrogens is 499 g/mol. The van der Waals surface area contributed by atoms with Gasteiger partial charge in [-0.15, -0.1) is 0 Å². The summed E-state index contributed by atoms with van der Waals surface area (Å²) in [7, 11) is -3.84. The number of aromatic nitrogens is 1. The van der Waals surface area contributed by atoms with Crippen molar-refractivity contribution >= 4 is 32.7 Å². The molecule has 0 saturated carbocycles. The van der Waals surface area contributed by atoms with Gasteiger partial charge in [0.25, 0.3) is 11.8 Å². The van der Waals surface area contributed by atoms with Gasteiger partial charge in [0, 0.05) is 36.8 Å². The molecular formula is C26H21FN4O5S. The van der Waals surface area contributed by atoms with Gasteiger partial charge in [0.15, 0.2) is 5.75 Å². The van der Waals surface area contributed by atoms with Crippen LogP contribution in [0, 0.1) is 5.82 Å². The topological polar surface area (TPSA) is 143 Å². The van der Waals surface area contributed by atoms with Crippen LogP contribution in [0.3, 0.4) is 0 Å². The SMILES string of the molecule is NS(=O)(=O)c1ccc(CNC(=O)c2c3c(c(O)c4ncccc24)C(=O)N(Cc2ccc(F)cc2)C3)cc1. The van der Waals surface area contributed by atoms with Crippen molar-refractivity contribution < 1.29 is 27.5 Å². The number of sulfonamides is 1. The number of aromatic hydroxyl groups is 1. The predicted molar refractivity (Wildman–Crippen MR) is 132 cm³/mol. The van der Waals surface area contributed by atoms with Gasteiger partial charge < -0.3 is 15.3 Å². The van der Waals surface area contributed by atoms with E-state index in [9.17, 15) is 27.5 Å². The molecule has 5 rings (SSSR count). The van der Waals surface area contributed by atoms with Crippen LogP contribution in [0.1, 0.15) is 37.4 Å². The fourth-order valence-electron chi connectivity index (χ4n) is 4.42. The number of phenolic OH excluding ortho intramolecular Hbond substituents is 1. The molecule has 0 atom stereocenters. The molecule has 0 radical (unpaired) electrons. The second-order valence-electron chi connectivity index (χ2n) is 8.64. The number of fused-ring (bicyclic) bond motifs is 2. The number of nitrogens with two attached hydrogens (primary N) is 1. The molecule has 4 aromatic rings. The molecule has 0 spiro atoms. The van der Waals surface area contributed by atoms with Gasteiger partial charge in [0.2, 0.25) is 10.0 Å². The molecule has 188 valence electrons. The van der Waals surface area contributed by atoms with E-state index >= 15 is 0 Å². The van der Waals surface area contributed by atoms with Gasteiger partial charge >= 0.3 is 0 Å². The maximum atomic E-state index is 13.4. The quantitative estimate of drug-likeness (QED) is 0.357. The molecule has 9 nitrogen and oxygen atoms in total. The number of nitrogens with zero attached hydrogens (tertiary/aromatic N) is 2. The number of nitrogens with one attached hydrogen (secondary N) is 1. The number of primary sulfonamides is 1. The van der Waals surface area contributed by atoms with Crippen LogP contribution in [-0.2, 0) is 29.7 Å². The number of hydrogen-bond donors (Lipinski definition) is 3. The minimum atomic E-state index is -3.84. The number of benzene rings is 3. The zero-order chi connectivity index (χ0) is 26.3. The van der Waals surface area contributed by atoms with Crippen molar-refractivity contribution in [3.63, 3.8) is 0 Å². The lowest BCUT2D eigenvalue weighted by Gasteiger charge is -2.16. The highest BCUT2D eigenvalue weighted by molar-refractivity contribution is 7.89. The normalized spacial score (nSPS) is 13.1. The first-order chi connectivity index (χ1) is 17.6. The fourth-order valence-corrected chi connectivity index (χ4v) is 4.93. The van der Waals surface area contributed by atoms with Gasteiger partial charge in [-0.1, -0.05) is 30.3 Å². The van der Waals surface area contributed by atoms with Crippen LogP contribution in [0.25, 0.3) is 10.9 Å². The number of hydrogen-bond acceptors (Lipinski definition) is 6. The summed E-state index contributed by atoms with van der Waals surface area (Å²) in [6.45, 7) is 0.304. The number of amides is 2. The monoisotopic (exact) mass is 520 g/mol. The number of phenols is 1. The first kappa shape index (κ1) is 24.3. The van der Waals surface area contributed by atoms with Crippen LogP contribution in [0.4, 0.5) is 4.39 Å². The molecule has 2 amide bonds. The van der Waals surface area contributed by atoms with E-state index in [0.29, 0.717) is 22.1 Å². The number of pyridine rings is 1. The van der Waals surface area contributed by atoms with E-state index in [1.807, 2.05) is 0 Å². The lowest BCUT2D eigenvalue weighted by molar-refractivity contribution is 0.0763. The zero-order valence-electron chi connectivity index (χ0n) is 19.3. The third kappa shape index (κ3) is 4.61. The maximum Gasteiger partial charge on any atom is 0.258 e. The van der Waals surface area contributed by atoms with E-state index in [1.54, 1.807) is 24.3 Å². The molecule has 2 heterocycles. The van der Waals surface area contributed by atoms with Crippen molar-refractivity contribution in [1.82, 2.24) is 15.2 Å². The van der Waals surface area contributed by atoms with Gasteiger partial charge in [-0.05, 0) is 41.5 Å². The molecule has 1 aromatic heterocycles. The molecule has 0 aliphatic carbocycles. The van der Waals surface area contributed by atoms with Crippen LogP contribution in [0.2, 0.25) is 0 Å². The van der Waals surface area contributed by atoms with E-state index < -0.39 is 27.7 Å². The Hall–Kier alpha value is -4.35. The van der Waals surface area contributed by atoms with Gasteiger partial charge in [-0.2, -0.15) is 0 Å². The van der Waals surface area contributed by atoms with Gasteiger partial charge in [0.05, 0.1) is 16.0 Å². The Kier molecular flexibility index (Phi) is 6.10. The summed E-state index contributed by atoms with van der Waals surface area (Å²) in [4.78, 5) is 32.3. The lowest BCUT2D eigenvalue weighted by atomic mass is 9.96. The van der Waals surface area contributed by atoms with Crippen LogP contribution < -0.4 is 10.5 Å². The molecule has 0 unspecified atom stereocenters. The Balaban J connectivity index is 1.48. The Morgan fingerprint density at radius 2 is 1.76 bits per heavy atom. The zero-order valence-corrected chi connectivity index (χ0v) is 20.1. The summed E-state index contributed by atoms with van der Waals surface area (Å²) in [6, 6.07) is 14.8. The molecule has 37 heavy (non-hydrogen) atoms. The minimum absolute atomic E-state index is 0.0102. The standard InChI is InChI=1S/C26H21FN4O5S/c27-17-7-3-16(4-8-17)13-31-14-20-21(19-2-1-11-29-23(19)24(32)22(20)26(31)34)25(33)30-12-15-5-9-18(10-6-15)37(28,35)36/h1-11,32H,12-14H2,(H,30,33)(H2,28,35,36). The summed E-state index contributed by atoms with van der Waals surface area (Å²) < 4.78 is 36.3. The van der Waals surface area contributed by atoms with Crippen molar-refractivity contribution in [2.45, 2.75) is 24.5 Å². The van der Waals surface area contributed by atoms with Crippen molar-refractivity contribution in [2.75, 3.05) is 0 Å². The molecule has 4 N–H and O–H groups in total. The van der Waals surface area contributed by atoms with Crippen molar-refractivity contribution in [1.29, 1.82) is 0 Å². The number of halogens is 1. The number of rotatable bonds is 6. The molecule has 11 heteroatoms. The third-order valence-electron chi connectivity index (χ3n) is 6.21. The smallest absolute Gasteiger partial charge is 0.258 e. The van der Waals surface area contributed by atoms with Crippen molar-refractivity contribution in [3.8, 4) is 5.75 Å². The summed E-state index contributed by atoms with van der Waals surface area (Å²) in [5, 5.41) is 19.2. The number of carbonyl (C=O) groups excluding carboxylic acids is 2. The van der Waals surface area contributed by atoms with Crippen molar-refractivity contribution in [2.24, 2.45) is 5.14 Å². The van der Waals surface area contributed by atoms with E-state index in [0.717, 1.165) is 0 Å². The summed E-state index contributed by atoms with van der Waals surface area (Å²) >= 11 is 0. The average molecular weight is 521 g/mol. The Bertz CT molecular complexity index is 1660. The maximum absolute atomic E-state index is 13.4. The van der Waals surface area contributed by atoms with Gasteiger partial charge in [-0.3, -0.25) is 14.6 Å². The minimum Gasteiger partial charge on any atom is -0.505 e. The second-order valence-corrected chi connectivity index (χ2v) is 10.2.